The van der Waals surface area contributed by atoms with Crippen LogP contribution in [-0.4, -0.2) is 9.97 Å². The Kier molecular flexibility index (Phi) is 3.31. The van der Waals surface area contributed by atoms with Crippen molar-refractivity contribution in [3.8, 4) is 22.4 Å². The van der Waals surface area contributed by atoms with Crippen molar-refractivity contribution < 1.29 is 4.39 Å². The van der Waals surface area contributed by atoms with Gasteiger partial charge in [-0.2, -0.15) is 0 Å². The van der Waals surface area contributed by atoms with Crippen molar-refractivity contribution in [2.75, 3.05) is 0 Å². The van der Waals surface area contributed by atoms with Gasteiger partial charge in [-0.05, 0) is 47.5 Å². The highest BCUT2D eigenvalue weighted by molar-refractivity contribution is 5.94. The van der Waals surface area contributed by atoms with E-state index in [-0.39, 0.29) is 5.82 Å². The number of hydrogen-bond acceptors (Lipinski definition) is 2. The first-order chi connectivity index (χ1) is 11.3. The largest absolute Gasteiger partial charge is 0.236 e. The smallest absolute Gasteiger partial charge is 0.123 e. The van der Waals surface area contributed by atoms with E-state index in [0.717, 1.165) is 33.3 Å². The fourth-order valence-corrected chi connectivity index (χ4v) is 2.71. The fourth-order valence-electron chi connectivity index (χ4n) is 2.71. The van der Waals surface area contributed by atoms with Crippen molar-refractivity contribution in [2.24, 2.45) is 0 Å². The summed E-state index contributed by atoms with van der Waals surface area (Å²) in [6.45, 7) is 0. The third-order valence-corrected chi connectivity index (χ3v) is 3.86. The van der Waals surface area contributed by atoms with Crippen LogP contribution in [0.4, 0.5) is 4.39 Å². The minimum atomic E-state index is -0.251. The number of benzene rings is 3. The predicted octanol–water partition coefficient (Wildman–Crippen LogP) is 5.10. The molecular weight excluding hydrogens is 287 g/mol. The molecule has 1 aromatic heterocycles. The zero-order valence-electron chi connectivity index (χ0n) is 12.3. The normalized spacial score (nSPS) is 10.8. The van der Waals surface area contributed by atoms with Gasteiger partial charge in [0.15, 0.2) is 0 Å². The monoisotopic (exact) mass is 300 g/mol. The van der Waals surface area contributed by atoms with Gasteiger partial charge in [0.2, 0.25) is 0 Å². The van der Waals surface area contributed by atoms with E-state index >= 15 is 0 Å². The standard InChI is InChI=1S/C20H13FN2/c21-17-9-6-15(7-10-17)20-18-11-8-16(12-19(18)22-13-23-20)14-4-2-1-3-5-14/h1-13H. The van der Waals surface area contributed by atoms with Gasteiger partial charge in [-0.25, -0.2) is 14.4 Å². The lowest BCUT2D eigenvalue weighted by Gasteiger charge is -2.07. The molecule has 23 heavy (non-hydrogen) atoms. The Morgan fingerprint density at radius 2 is 1.39 bits per heavy atom. The number of aromatic nitrogens is 2. The van der Waals surface area contributed by atoms with Crippen molar-refractivity contribution >= 4 is 10.9 Å². The van der Waals surface area contributed by atoms with Crippen LogP contribution in [0.1, 0.15) is 0 Å². The molecule has 0 radical (unpaired) electrons. The molecule has 1 heterocycles. The maximum atomic E-state index is 13.1. The van der Waals surface area contributed by atoms with Crippen LogP contribution in [0.15, 0.2) is 79.1 Å². The summed E-state index contributed by atoms with van der Waals surface area (Å²) in [5, 5.41) is 0.957. The fraction of sp³-hybridized carbons (Fsp3) is 0. The van der Waals surface area contributed by atoms with Gasteiger partial charge in [0.25, 0.3) is 0 Å². The summed E-state index contributed by atoms with van der Waals surface area (Å²) in [5.41, 5.74) is 4.83. The Hall–Kier alpha value is -3.07. The first-order valence-corrected chi connectivity index (χ1v) is 7.37. The van der Waals surface area contributed by atoms with Crippen molar-refractivity contribution in [1.29, 1.82) is 0 Å². The summed E-state index contributed by atoms with van der Waals surface area (Å²) in [6.07, 6.45) is 1.55. The quantitative estimate of drug-likeness (QED) is 0.514. The van der Waals surface area contributed by atoms with E-state index in [4.69, 9.17) is 0 Å². The summed E-state index contributed by atoms with van der Waals surface area (Å²) < 4.78 is 13.1. The van der Waals surface area contributed by atoms with Crippen LogP contribution < -0.4 is 0 Å². The molecule has 0 N–H and O–H groups in total. The van der Waals surface area contributed by atoms with E-state index in [0.29, 0.717) is 0 Å². The Bertz CT molecular complexity index is 964. The Morgan fingerprint density at radius 3 is 2.17 bits per heavy atom. The van der Waals surface area contributed by atoms with Gasteiger partial charge < -0.3 is 0 Å². The predicted molar refractivity (Wildman–Crippen MR) is 90.4 cm³/mol. The van der Waals surface area contributed by atoms with Crippen LogP contribution in [0.5, 0.6) is 0 Å². The van der Waals surface area contributed by atoms with Crippen molar-refractivity contribution in [3.05, 3.63) is 84.9 Å². The molecule has 0 aliphatic heterocycles. The number of rotatable bonds is 2. The lowest BCUT2D eigenvalue weighted by atomic mass is 10.0. The third kappa shape index (κ3) is 2.57. The lowest BCUT2D eigenvalue weighted by Crippen LogP contribution is -1.90. The van der Waals surface area contributed by atoms with Gasteiger partial charge in [-0.1, -0.05) is 36.4 Å². The van der Waals surface area contributed by atoms with Crippen LogP contribution in [0.2, 0.25) is 0 Å². The van der Waals surface area contributed by atoms with E-state index in [1.807, 2.05) is 24.3 Å². The summed E-state index contributed by atoms with van der Waals surface area (Å²) >= 11 is 0. The van der Waals surface area contributed by atoms with Crippen molar-refractivity contribution in [1.82, 2.24) is 9.97 Å². The number of fused-ring (bicyclic) bond motifs is 1. The van der Waals surface area contributed by atoms with Gasteiger partial charge in [0.1, 0.15) is 12.1 Å². The van der Waals surface area contributed by atoms with Gasteiger partial charge in [-0.3, -0.25) is 0 Å². The van der Waals surface area contributed by atoms with Crippen LogP contribution in [0.3, 0.4) is 0 Å². The zero-order valence-corrected chi connectivity index (χ0v) is 12.3. The topological polar surface area (TPSA) is 25.8 Å². The summed E-state index contributed by atoms with van der Waals surface area (Å²) in [4.78, 5) is 8.76. The minimum Gasteiger partial charge on any atom is -0.236 e. The molecule has 4 rings (SSSR count). The molecule has 2 nitrogen and oxygen atoms in total. The summed E-state index contributed by atoms with van der Waals surface area (Å²) in [7, 11) is 0. The molecule has 0 fully saturated rings. The molecule has 3 heteroatoms. The van der Waals surface area contributed by atoms with Crippen LogP contribution in [0.25, 0.3) is 33.3 Å². The highest BCUT2D eigenvalue weighted by atomic mass is 19.1. The maximum Gasteiger partial charge on any atom is 0.123 e. The second kappa shape index (κ2) is 5.61. The van der Waals surface area contributed by atoms with Gasteiger partial charge in [0.05, 0.1) is 11.2 Å². The minimum absolute atomic E-state index is 0.251. The Morgan fingerprint density at radius 1 is 0.652 bits per heavy atom. The van der Waals surface area contributed by atoms with E-state index in [9.17, 15) is 4.39 Å². The van der Waals surface area contributed by atoms with Crippen molar-refractivity contribution in [2.45, 2.75) is 0 Å². The number of halogens is 1. The van der Waals surface area contributed by atoms with E-state index < -0.39 is 0 Å². The van der Waals surface area contributed by atoms with E-state index in [1.54, 1.807) is 18.5 Å². The summed E-state index contributed by atoms with van der Waals surface area (Å²) in [6, 6.07) is 22.7. The molecule has 0 saturated carbocycles. The SMILES string of the molecule is Fc1ccc(-c2ncnc3cc(-c4ccccc4)ccc23)cc1. The molecule has 0 aliphatic carbocycles. The number of nitrogens with zero attached hydrogens (tertiary/aromatic N) is 2. The van der Waals surface area contributed by atoms with Crippen LogP contribution in [-0.2, 0) is 0 Å². The second-order valence-corrected chi connectivity index (χ2v) is 5.33. The highest BCUT2D eigenvalue weighted by Gasteiger charge is 2.08. The summed E-state index contributed by atoms with van der Waals surface area (Å²) in [5.74, 6) is -0.251. The van der Waals surface area contributed by atoms with Crippen LogP contribution >= 0.6 is 0 Å². The lowest BCUT2D eigenvalue weighted by molar-refractivity contribution is 0.628. The number of hydrogen-bond donors (Lipinski definition) is 0. The molecule has 0 saturated heterocycles. The van der Waals surface area contributed by atoms with Crippen LogP contribution in [0, 0.1) is 5.82 Å². The first-order valence-electron chi connectivity index (χ1n) is 7.37. The molecule has 0 bridgehead atoms. The van der Waals surface area contributed by atoms with Gasteiger partial charge in [0, 0.05) is 10.9 Å². The average Bonchev–Trinajstić information content (AvgIpc) is 2.62. The first kappa shape index (κ1) is 13.6. The highest BCUT2D eigenvalue weighted by Crippen LogP contribution is 2.29. The average molecular weight is 300 g/mol. The molecule has 3 aromatic carbocycles. The molecule has 0 atom stereocenters. The molecular formula is C20H13FN2. The molecule has 0 aliphatic rings. The molecule has 0 unspecified atom stereocenters. The van der Waals surface area contributed by atoms with Crippen molar-refractivity contribution in [3.63, 3.8) is 0 Å². The van der Waals surface area contributed by atoms with Gasteiger partial charge in [-0.15, -0.1) is 0 Å². The zero-order chi connectivity index (χ0) is 15.6. The van der Waals surface area contributed by atoms with E-state index in [2.05, 4.69) is 34.2 Å². The van der Waals surface area contributed by atoms with Gasteiger partial charge >= 0.3 is 0 Å². The maximum absolute atomic E-state index is 13.1. The third-order valence-electron chi connectivity index (χ3n) is 3.86. The molecule has 0 spiro atoms. The molecule has 110 valence electrons. The molecule has 4 aromatic rings. The Labute approximate surface area is 133 Å². The van der Waals surface area contributed by atoms with E-state index in [1.165, 1.54) is 12.1 Å². The molecule has 0 amide bonds. The Balaban J connectivity index is 1.87. The second-order valence-electron chi connectivity index (χ2n) is 5.33.